The van der Waals surface area contributed by atoms with Crippen LogP contribution in [0.2, 0.25) is 0 Å². The van der Waals surface area contributed by atoms with E-state index in [4.69, 9.17) is 19.2 Å². The molecule has 1 saturated heterocycles. The minimum Gasteiger partial charge on any atom is -0.494 e. The topological polar surface area (TPSA) is 64.1 Å². The lowest BCUT2D eigenvalue weighted by atomic mass is 10.1. The Bertz CT molecular complexity index is 1060. The smallest absolute Gasteiger partial charge is 0.233 e. The zero-order valence-corrected chi connectivity index (χ0v) is 20.8. The first-order valence-electron chi connectivity index (χ1n) is 12.0. The first-order chi connectivity index (χ1) is 16.7. The van der Waals surface area contributed by atoms with Gasteiger partial charge in [-0.3, -0.25) is 14.6 Å². The van der Waals surface area contributed by atoms with Gasteiger partial charge in [0.2, 0.25) is 5.91 Å². The molecule has 2 aromatic carbocycles. The van der Waals surface area contributed by atoms with Crippen molar-refractivity contribution in [3.63, 3.8) is 0 Å². The number of carbonyl (C=O) groups excluding carboxylic acids is 1. The number of hydrogen-bond donors (Lipinski definition) is 0. The third-order valence-electron chi connectivity index (χ3n) is 5.74. The molecular formula is C26H33N3O4S. The molecule has 7 nitrogen and oxygen atoms in total. The van der Waals surface area contributed by atoms with E-state index in [1.807, 2.05) is 61.2 Å². The van der Waals surface area contributed by atoms with Crippen LogP contribution >= 0.6 is 11.3 Å². The lowest BCUT2D eigenvalue weighted by Crippen LogP contribution is -2.39. The van der Waals surface area contributed by atoms with Crippen LogP contribution < -0.4 is 14.4 Å². The van der Waals surface area contributed by atoms with Gasteiger partial charge in [-0.1, -0.05) is 23.5 Å². The number of ether oxygens (including phenoxy) is 3. The number of benzene rings is 2. The second-order valence-corrected chi connectivity index (χ2v) is 9.17. The van der Waals surface area contributed by atoms with Crippen LogP contribution in [0, 0.1) is 0 Å². The second kappa shape index (κ2) is 12.1. The van der Waals surface area contributed by atoms with Gasteiger partial charge in [0.15, 0.2) is 5.13 Å². The molecule has 3 aromatic rings. The van der Waals surface area contributed by atoms with Crippen LogP contribution in [-0.2, 0) is 16.0 Å². The number of thiazole rings is 1. The van der Waals surface area contributed by atoms with E-state index < -0.39 is 0 Å². The normalized spacial score (nSPS) is 14.3. The number of amides is 1. The van der Waals surface area contributed by atoms with Gasteiger partial charge in [-0.2, -0.15) is 0 Å². The second-order valence-electron chi connectivity index (χ2n) is 8.17. The van der Waals surface area contributed by atoms with E-state index in [-0.39, 0.29) is 5.91 Å². The Hall–Kier alpha value is -2.68. The molecule has 0 radical (unpaired) electrons. The average molecular weight is 484 g/mol. The van der Waals surface area contributed by atoms with Gasteiger partial charge in [0.1, 0.15) is 11.5 Å². The summed E-state index contributed by atoms with van der Waals surface area (Å²) >= 11 is 1.54. The average Bonchev–Trinajstić information content (AvgIpc) is 3.27. The molecule has 34 heavy (non-hydrogen) atoms. The van der Waals surface area contributed by atoms with Crippen molar-refractivity contribution in [3.8, 4) is 11.5 Å². The fourth-order valence-electron chi connectivity index (χ4n) is 4.01. The number of hydrogen-bond acceptors (Lipinski definition) is 7. The molecule has 0 atom stereocenters. The minimum absolute atomic E-state index is 0.0511. The maximum Gasteiger partial charge on any atom is 0.233 e. The Labute approximate surface area is 205 Å². The highest BCUT2D eigenvalue weighted by atomic mass is 32.1. The molecular weight excluding hydrogens is 450 g/mol. The highest BCUT2D eigenvalue weighted by molar-refractivity contribution is 7.22. The summed E-state index contributed by atoms with van der Waals surface area (Å²) in [5.74, 6) is 1.69. The predicted octanol–water partition coefficient (Wildman–Crippen LogP) is 4.39. The molecule has 1 aromatic heterocycles. The Kier molecular flexibility index (Phi) is 8.73. The fourth-order valence-corrected chi connectivity index (χ4v) is 5.05. The maximum absolute atomic E-state index is 13.5. The fraction of sp³-hybridized carbons (Fsp3) is 0.462. The summed E-state index contributed by atoms with van der Waals surface area (Å²) in [4.78, 5) is 22.5. The Morgan fingerprint density at radius 1 is 1.06 bits per heavy atom. The first-order valence-corrected chi connectivity index (χ1v) is 12.8. The molecule has 1 aliphatic heterocycles. The molecule has 0 aliphatic carbocycles. The standard InChI is InChI=1S/C26H33N3O4S/c1-3-32-21-8-6-20(7-9-21)18-25(30)29(13-5-12-28-14-16-31-17-15-28)26-27-23-11-10-22(33-4-2)19-24(23)34-26/h6-11,19H,3-5,12-18H2,1-2H3. The van der Waals surface area contributed by atoms with E-state index in [2.05, 4.69) is 4.90 Å². The van der Waals surface area contributed by atoms with Crippen LogP contribution in [0.25, 0.3) is 10.2 Å². The predicted molar refractivity (Wildman–Crippen MR) is 136 cm³/mol. The molecule has 1 aliphatic rings. The molecule has 1 fully saturated rings. The molecule has 0 saturated carbocycles. The molecule has 0 bridgehead atoms. The van der Waals surface area contributed by atoms with Gasteiger partial charge in [-0.25, -0.2) is 4.98 Å². The van der Waals surface area contributed by atoms with Gasteiger partial charge in [0, 0.05) is 26.2 Å². The van der Waals surface area contributed by atoms with E-state index in [1.54, 1.807) is 0 Å². The van der Waals surface area contributed by atoms with Gasteiger partial charge in [-0.15, -0.1) is 0 Å². The molecule has 0 spiro atoms. The highest BCUT2D eigenvalue weighted by Gasteiger charge is 2.21. The Balaban J connectivity index is 1.50. The van der Waals surface area contributed by atoms with Crippen LogP contribution in [0.1, 0.15) is 25.8 Å². The third-order valence-corrected chi connectivity index (χ3v) is 6.78. The van der Waals surface area contributed by atoms with Crippen LogP contribution in [0.3, 0.4) is 0 Å². The highest BCUT2D eigenvalue weighted by Crippen LogP contribution is 2.32. The van der Waals surface area contributed by atoms with Crippen molar-refractivity contribution < 1.29 is 19.0 Å². The summed E-state index contributed by atoms with van der Waals surface area (Å²) in [5.41, 5.74) is 1.85. The Morgan fingerprint density at radius 2 is 1.76 bits per heavy atom. The van der Waals surface area contributed by atoms with Crippen molar-refractivity contribution in [2.45, 2.75) is 26.7 Å². The van der Waals surface area contributed by atoms with Gasteiger partial charge in [-0.05, 0) is 56.2 Å². The molecule has 8 heteroatoms. The summed E-state index contributed by atoms with van der Waals surface area (Å²) in [6.07, 6.45) is 1.21. The zero-order chi connectivity index (χ0) is 23.8. The number of nitrogens with zero attached hydrogens (tertiary/aromatic N) is 3. The first kappa shape index (κ1) is 24.4. The zero-order valence-electron chi connectivity index (χ0n) is 20.0. The number of morpholine rings is 1. The molecule has 0 unspecified atom stereocenters. The summed E-state index contributed by atoms with van der Waals surface area (Å²) in [5, 5.41) is 0.738. The minimum atomic E-state index is 0.0511. The number of aromatic nitrogens is 1. The van der Waals surface area contributed by atoms with Gasteiger partial charge in [0.05, 0.1) is 43.1 Å². The van der Waals surface area contributed by atoms with Crippen LogP contribution in [0.4, 0.5) is 5.13 Å². The Morgan fingerprint density at radius 3 is 2.50 bits per heavy atom. The van der Waals surface area contributed by atoms with E-state index in [0.717, 1.165) is 71.7 Å². The number of rotatable bonds is 11. The van der Waals surface area contributed by atoms with Crippen molar-refractivity contribution in [1.29, 1.82) is 0 Å². The number of carbonyl (C=O) groups is 1. The molecule has 2 heterocycles. The van der Waals surface area contributed by atoms with E-state index in [9.17, 15) is 4.79 Å². The number of fused-ring (bicyclic) bond motifs is 1. The lowest BCUT2D eigenvalue weighted by molar-refractivity contribution is -0.118. The van der Waals surface area contributed by atoms with Gasteiger partial charge < -0.3 is 14.2 Å². The van der Waals surface area contributed by atoms with E-state index in [1.165, 1.54) is 11.3 Å². The van der Waals surface area contributed by atoms with E-state index in [0.29, 0.717) is 26.2 Å². The van der Waals surface area contributed by atoms with Crippen LogP contribution in [0.5, 0.6) is 11.5 Å². The monoisotopic (exact) mass is 483 g/mol. The molecule has 182 valence electrons. The van der Waals surface area contributed by atoms with Gasteiger partial charge >= 0.3 is 0 Å². The summed E-state index contributed by atoms with van der Waals surface area (Å²) in [6, 6.07) is 13.7. The molecule has 1 amide bonds. The molecule has 0 N–H and O–H groups in total. The SMILES string of the molecule is CCOc1ccc(CC(=O)N(CCCN2CCOCC2)c2nc3ccc(OCC)cc3s2)cc1. The lowest BCUT2D eigenvalue weighted by Gasteiger charge is -2.27. The largest absolute Gasteiger partial charge is 0.494 e. The van der Waals surface area contributed by atoms with Crippen molar-refractivity contribution in [3.05, 3.63) is 48.0 Å². The number of anilines is 1. The van der Waals surface area contributed by atoms with Crippen molar-refractivity contribution >= 4 is 32.6 Å². The van der Waals surface area contributed by atoms with Crippen molar-refractivity contribution in [2.75, 3.05) is 57.5 Å². The van der Waals surface area contributed by atoms with Crippen molar-refractivity contribution in [2.24, 2.45) is 0 Å². The summed E-state index contributed by atoms with van der Waals surface area (Å²) in [6.45, 7) is 10.2. The maximum atomic E-state index is 13.5. The van der Waals surface area contributed by atoms with E-state index >= 15 is 0 Å². The van der Waals surface area contributed by atoms with Crippen molar-refractivity contribution in [1.82, 2.24) is 9.88 Å². The summed E-state index contributed by atoms with van der Waals surface area (Å²) in [7, 11) is 0. The third kappa shape index (κ3) is 6.46. The summed E-state index contributed by atoms with van der Waals surface area (Å²) < 4.78 is 17.6. The van der Waals surface area contributed by atoms with Crippen LogP contribution in [0.15, 0.2) is 42.5 Å². The quantitative estimate of drug-likeness (QED) is 0.403. The molecule has 4 rings (SSSR count). The van der Waals surface area contributed by atoms with Crippen LogP contribution in [-0.4, -0.2) is 68.4 Å². The van der Waals surface area contributed by atoms with Gasteiger partial charge in [0.25, 0.3) is 0 Å².